The van der Waals surface area contributed by atoms with Gasteiger partial charge in [-0.15, -0.1) is 0 Å². The Kier molecular flexibility index (Phi) is 5.47. The molecule has 2 aromatic heterocycles. The summed E-state index contributed by atoms with van der Waals surface area (Å²) in [6.45, 7) is 11.8. The quantitative estimate of drug-likeness (QED) is 0.629. The van der Waals surface area contributed by atoms with E-state index in [1.807, 2.05) is 38.2 Å². The molecule has 2 aliphatic rings. The number of nitrogens with zero attached hydrogens (tertiary/aromatic N) is 3. The Balaban J connectivity index is 0.00000106. The molecule has 3 aromatic rings. The highest BCUT2D eigenvalue weighted by Crippen LogP contribution is 2.41. The van der Waals surface area contributed by atoms with E-state index in [9.17, 15) is 9.90 Å². The van der Waals surface area contributed by atoms with Crippen molar-refractivity contribution in [2.24, 2.45) is 5.41 Å². The SMILES string of the molecule is CC.CCN1CC2(C1)CN(c1ccc(-c3cc4c(C(=O)O)c[nH]c4cc3Cl)cn1)C2. The average Bonchev–Trinajstić information content (AvgIpc) is 3.10. The van der Waals surface area contributed by atoms with E-state index >= 15 is 0 Å². The van der Waals surface area contributed by atoms with Crippen LogP contribution in [0.4, 0.5) is 5.82 Å². The number of hydrogen-bond donors (Lipinski definition) is 2. The number of carboxylic acid groups (broad SMARTS) is 1. The van der Waals surface area contributed by atoms with Crippen molar-refractivity contribution < 1.29 is 9.90 Å². The number of H-pyrrole nitrogens is 1. The van der Waals surface area contributed by atoms with Gasteiger partial charge in [0.05, 0.1) is 10.6 Å². The first-order chi connectivity index (χ1) is 14.5. The Morgan fingerprint density at radius 1 is 1.23 bits per heavy atom. The predicted octanol–water partition coefficient (Wildman–Crippen LogP) is 4.75. The van der Waals surface area contributed by atoms with Gasteiger partial charge in [-0.3, -0.25) is 0 Å². The maximum absolute atomic E-state index is 11.4. The molecule has 2 N–H and O–H groups in total. The number of rotatable bonds is 4. The van der Waals surface area contributed by atoms with Gasteiger partial charge in [0, 0.05) is 66.0 Å². The first kappa shape index (κ1) is 20.7. The fourth-order valence-electron chi connectivity index (χ4n) is 4.53. The molecule has 1 spiro atoms. The summed E-state index contributed by atoms with van der Waals surface area (Å²) >= 11 is 6.45. The van der Waals surface area contributed by atoms with E-state index < -0.39 is 5.97 Å². The Hall–Kier alpha value is -2.57. The van der Waals surface area contributed by atoms with Crippen molar-refractivity contribution in [1.29, 1.82) is 0 Å². The highest BCUT2D eigenvalue weighted by Gasteiger charge is 2.51. The largest absolute Gasteiger partial charge is 0.478 e. The molecule has 2 aliphatic heterocycles. The number of carboxylic acids is 1. The number of aromatic carboxylic acids is 1. The molecule has 5 rings (SSSR count). The Labute approximate surface area is 181 Å². The van der Waals surface area contributed by atoms with Crippen molar-refractivity contribution in [3.05, 3.63) is 47.2 Å². The molecule has 1 aromatic carbocycles. The third kappa shape index (κ3) is 3.44. The van der Waals surface area contributed by atoms with Gasteiger partial charge in [0.25, 0.3) is 0 Å². The Morgan fingerprint density at radius 3 is 2.57 bits per heavy atom. The molecule has 158 valence electrons. The fraction of sp³-hybridized carbons (Fsp3) is 0.391. The molecule has 0 aliphatic carbocycles. The van der Waals surface area contributed by atoms with Crippen LogP contribution in [0.2, 0.25) is 5.02 Å². The van der Waals surface area contributed by atoms with Crippen LogP contribution in [-0.2, 0) is 0 Å². The lowest BCUT2D eigenvalue weighted by atomic mass is 9.73. The number of fused-ring (bicyclic) bond motifs is 1. The van der Waals surface area contributed by atoms with E-state index in [4.69, 9.17) is 11.6 Å². The summed E-state index contributed by atoms with van der Waals surface area (Å²) in [4.78, 5) is 23.8. The molecular weight excluding hydrogens is 400 g/mol. The van der Waals surface area contributed by atoms with Crippen LogP contribution >= 0.6 is 11.6 Å². The lowest BCUT2D eigenvalue weighted by Crippen LogP contribution is -2.72. The van der Waals surface area contributed by atoms with E-state index in [-0.39, 0.29) is 5.56 Å². The first-order valence-electron chi connectivity index (χ1n) is 10.5. The van der Waals surface area contributed by atoms with Crippen molar-refractivity contribution in [3.8, 4) is 11.1 Å². The van der Waals surface area contributed by atoms with Gasteiger partial charge in [0.15, 0.2) is 0 Å². The number of carbonyl (C=O) groups is 1. The number of aromatic nitrogens is 2. The standard InChI is InChI=1S/C21H21ClN4O2.C2H6/c1-2-25-9-21(10-25)11-26(12-21)19-4-3-13(7-24-19)14-5-15-16(20(27)28)8-23-18(15)6-17(14)22;1-2/h3-8,23H,2,9-12H2,1H3,(H,27,28);1-2H3. The smallest absolute Gasteiger partial charge is 0.337 e. The maximum atomic E-state index is 11.4. The molecule has 2 saturated heterocycles. The normalized spacial score (nSPS) is 17.3. The molecular formula is C23H27ClN4O2. The van der Waals surface area contributed by atoms with Crippen LogP contribution in [0, 0.1) is 5.41 Å². The second-order valence-electron chi connectivity index (χ2n) is 7.95. The second-order valence-corrected chi connectivity index (χ2v) is 8.36. The zero-order chi connectivity index (χ0) is 21.5. The zero-order valence-electron chi connectivity index (χ0n) is 17.6. The van der Waals surface area contributed by atoms with Crippen LogP contribution in [0.1, 0.15) is 31.1 Å². The van der Waals surface area contributed by atoms with Crippen molar-refractivity contribution in [2.75, 3.05) is 37.6 Å². The summed E-state index contributed by atoms with van der Waals surface area (Å²) in [6.07, 6.45) is 3.31. The van der Waals surface area contributed by atoms with Crippen LogP contribution in [0.3, 0.4) is 0 Å². The number of benzene rings is 1. The van der Waals surface area contributed by atoms with Gasteiger partial charge in [0.1, 0.15) is 5.82 Å². The van der Waals surface area contributed by atoms with Crippen molar-refractivity contribution in [1.82, 2.24) is 14.9 Å². The molecule has 30 heavy (non-hydrogen) atoms. The summed E-state index contributed by atoms with van der Waals surface area (Å²) in [5.74, 6) is 0.0201. The molecule has 7 heteroatoms. The van der Waals surface area contributed by atoms with E-state index in [0.29, 0.717) is 21.3 Å². The third-order valence-electron chi connectivity index (χ3n) is 6.00. The minimum Gasteiger partial charge on any atom is -0.478 e. The molecule has 2 fully saturated rings. The molecule has 0 saturated carbocycles. The first-order valence-corrected chi connectivity index (χ1v) is 10.8. The van der Waals surface area contributed by atoms with E-state index in [1.165, 1.54) is 19.3 Å². The minimum atomic E-state index is -0.961. The Morgan fingerprint density at radius 2 is 1.97 bits per heavy atom. The predicted molar refractivity (Wildman–Crippen MR) is 122 cm³/mol. The van der Waals surface area contributed by atoms with Gasteiger partial charge in [-0.25, -0.2) is 9.78 Å². The van der Waals surface area contributed by atoms with E-state index in [1.54, 1.807) is 6.07 Å². The van der Waals surface area contributed by atoms with Gasteiger partial charge in [-0.1, -0.05) is 32.4 Å². The third-order valence-corrected chi connectivity index (χ3v) is 6.31. The van der Waals surface area contributed by atoms with Crippen LogP contribution in [-0.4, -0.2) is 58.7 Å². The van der Waals surface area contributed by atoms with Gasteiger partial charge in [0.2, 0.25) is 0 Å². The molecule has 0 bridgehead atoms. The summed E-state index contributed by atoms with van der Waals surface area (Å²) in [5, 5.41) is 10.6. The van der Waals surface area contributed by atoms with Gasteiger partial charge in [-0.2, -0.15) is 0 Å². The molecule has 0 atom stereocenters. The number of anilines is 1. The number of pyridine rings is 1. The monoisotopic (exact) mass is 426 g/mol. The summed E-state index contributed by atoms with van der Waals surface area (Å²) in [5.41, 5.74) is 3.08. The lowest BCUT2D eigenvalue weighted by molar-refractivity contribution is -0.0181. The van der Waals surface area contributed by atoms with Crippen LogP contribution in [0.25, 0.3) is 22.0 Å². The molecule has 0 unspecified atom stereocenters. The number of hydrogen-bond acceptors (Lipinski definition) is 4. The topological polar surface area (TPSA) is 72.5 Å². The van der Waals surface area contributed by atoms with Gasteiger partial charge in [-0.05, 0) is 30.8 Å². The number of likely N-dealkylation sites (tertiary alicyclic amines) is 1. The highest BCUT2D eigenvalue weighted by molar-refractivity contribution is 6.34. The van der Waals surface area contributed by atoms with E-state index in [0.717, 1.165) is 36.6 Å². The molecule has 0 radical (unpaired) electrons. The van der Waals surface area contributed by atoms with Crippen LogP contribution < -0.4 is 4.90 Å². The van der Waals surface area contributed by atoms with Crippen molar-refractivity contribution >= 4 is 34.3 Å². The number of halogens is 1. The minimum absolute atomic E-state index is 0.241. The van der Waals surface area contributed by atoms with Crippen molar-refractivity contribution in [3.63, 3.8) is 0 Å². The Bertz CT molecular complexity index is 1060. The van der Waals surface area contributed by atoms with E-state index in [2.05, 4.69) is 26.7 Å². The zero-order valence-corrected chi connectivity index (χ0v) is 18.3. The van der Waals surface area contributed by atoms with Crippen LogP contribution in [0.5, 0.6) is 0 Å². The summed E-state index contributed by atoms with van der Waals surface area (Å²) < 4.78 is 0. The van der Waals surface area contributed by atoms with Crippen molar-refractivity contribution in [2.45, 2.75) is 20.8 Å². The lowest BCUT2D eigenvalue weighted by Gasteiger charge is -2.60. The molecule has 6 nitrogen and oxygen atoms in total. The summed E-state index contributed by atoms with van der Waals surface area (Å²) in [7, 11) is 0. The van der Waals surface area contributed by atoms with Crippen LogP contribution in [0.15, 0.2) is 36.7 Å². The molecule has 4 heterocycles. The fourth-order valence-corrected chi connectivity index (χ4v) is 4.80. The van der Waals surface area contributed by atoms with Gasteiger partial charge < -0.3 is 19.9 Å². The maximum Gasteiger partial charge on any atom is 0.337 e. The number of aromatic amines is 1. The second kappa shape index (κ2) is 7.93. The molecule has 0 amide bonds. The number of nitrogens with one attached hydrogen (secondary N) is 1. The summed E-state index contributed by atoms with van der Waals surface area (Å²) in [6, 6.07) is 7.61. The average molecular weight is 427 g/mol. The van der Waals surface area contributed by atoms with Gasteiger partial charge >= 0.3 is 5.97 Å². The highest BCUT2D eigenvalue weighted by atomic mass is 35.5.